The zero-order valence-electron chi connectivity index (χ0n) is 23.4. The van der Waals surface area contributed by atoms with Gasteiger partial charge >= 0.3 is 12.1 Å². The molecule has 1 aliphatic carbocycles. The van der Waals surface area contributed by atoms with Crippen molar-refractivity contribution in [3.63, 3.8) is 0 Å². The van der Waals surface area contributed by atoms with Crippen LogP contribution in [0, 0.1) is 17.2 Å². The molecule has 1 aromatic carbocycles. The molecule has 5 rings (SSSR count). The van der Waals surface area contributed by atoms with Gasteiger partial charge in [-0.25, -0.2) is 14.0 Å². The van der Waals surface area contributed by atoms with Gasteiger partial charge in [0.05, 0.1) is 39.7 Å². The number of likely N-dealkylation sites (N-methyl/N-ethyl adjacent to an activating group) is 1. The summed E-state index contributed by atoms with van der Waals surface area (Å²) in [6.07, 6.45) is 7.01. The fourth-order valence-electron chi connectivity index (χ4n) is 6.24. The van der Waals surface area contributed by atoms with E-state index in [-0.39, 0.29) is 24.6 Å². The Morgan fingerprint density at radius 3 is 2.50 bits per heavy atom. The van der Waals surface area contributed by atoms with Gasteiger partial charge in [-0.2, -0.15) is 0 Å². The van der Waals surface area contributed by atoms with Crippen LogP contribution in [0.5, 0.6) is 0 Å². The highest BCUT2D eigenvalue weighted by atomic mass is 19.1. The number of Topliss-reactive ketones (excluding diaryl/α,β-unsaturated/α-hetero) is 1. The molecule has 1 amide bonds. The largest absolute Gasteiger partial charge is 0.461 e. The highest BCUT2D eigenvalue weighted by molar-refractivity contribution is 6.00. The number of nitrogens with zero attached hydrogens (tertiary/aromatic N) is 3. The van der Waals surface area contributed by atoms with Crippen LogP contribution in [0.2, 0.25) is 0 Å². The smallest absolute Gasteiger partial charge is 0.415 e. The number of carbonyl (C=O) groups is 3. The van der Waals surface area contributed by atoms with Gasteiger partial charge < -0.3 is 24.6 Å². The predicted octanol–water partition coefficient (Wildman–Crippen LogP) is 2.84. The van der Waals surface area contributed by atoms with Gasteiger partial charge in [-0.05, 0) is 50.4 Å². The standard InChI is InChI=1S/C30H36FN4O5/c1-5-39-28(37)24-17-30-22(25(18-32-24)40-29(38)34-15-13-33(2)14-16-34)7-6-8-26(30)35(3,4)19-23(30)27(36)20-9-11-21(31)12-10-20/h6-12,17,23,32H,5,13-16,18-19H2,1-4H3/q+1. The zero-order valence-corrected chi connectivity index (χ0v) is 23.4. The molecule has 3 heterocycles. The van der Waals surface area contributed by atoms with Crippen LogP contribution in [-0.4, -0.2) is 99.1 Å². The van der Waals surface area contributed by atoms with Gasteiger partial charge in [-0.1, -0.05) is 12.2 Å². The Bertz CT molecular complexity index is 1340. The van der Waals surface area contributed by atoms with Crippen molar-refractivity contribution in [2.75, 3.05) is 67.0 Å². The van der Waals surface area contributed by atoms with Crippen LogP contribution in [0.3, 0.4) is 0 Å². The molecule has 10 heteroatoms. The van der Waals surface area contributed by atoms with Crippen molar-refractivity contribution >= 4 is 17.8 Å². The molecule has 4 aliphatic rings. The second-order valence-electron chi connectivity index (χ2n) is 11.2. The fourth-order valence-corrected chi connectivity index (χ4v) is 6.24. The van der Waals surface area contributed by atoms with E-state index in [2.05, 4.69) is 10.2 Å². The Hall–Kier alpha value is -3.76. The maximum Gasteiger partial charge on any atom is 0.415 e. The second-order valence-corrected chi connectivity index (χ2v) is 11.2. The van der Waals surface area contributed by atoms with Gasteiger partial charge in [-0.3, -0.25) is 9.28 Å². The number of allylic oxidation sites excluding steroid dienone is 4. The first-order chi connectivity index (χ1) is 19.1. The lowest BCUT2D eigenvalue weighted by Crippen LogP contribution is -2.47. The summed E-state index contributed by atoms with van der Waals surface area (Å²) in [6.45, 7) is 4.95. The monoisotopic (exact) mass is 551 g/mol. The lowest BCUT2D eigenvalue weighted by atomic mass is 9.65. The molecule has 0 aromatic heterocycles. The van der Waals surface area contributed by atoms with Gasteiger partial charge in [-0.15, -0.1) is 0 Å². The van der Waals surface area contributed by atoms with Crippen molar-refractivity contribution in [2.45, 2.75) is 6.92 Å². The number of piperazine rings is 1. The maximum absolute atomic E-state index is 14.2. The van der Waals surface area contributed by atoms with Gasteiger partial charge in [0.15, 0.2) is 5.78 Å². The number of ketones is 1. The Kier molecular flexibility index (Phi) is 7.41. The lowest BCUT2D eigenvalue weighted by Gasteiger charge is -2.36. The molecule has 9 nitrogen and oxygen atoms in total. The minimum absolute atomic E-state index is 0.0592. The number of benzene rings is 1. The van der Waals surface area contributed by atoms with E-state index in [0.717, 1.165) is 18.8 Å². The van der Waals surface area contributed by atoms with Crippen LogP contribution in [0.1, 0.15) is 17.3 Å². The third-order valence-corrected chi connectivity index (χ3v) is 8.25. The minimum Gasteiger partial charge on any atom is -0.461 e. The van der Waals surface area contributed by atoms with Crippen LogP contribution in [0.15, 0.2) is 71.3 Å². The number of halogens is 1. The average Bonchev–Trinajstić information content (AvgIpc) is 3.05. The van der Waals surface area contributed by atoms with Crippen LogP contribution in [0.25, 0.3) is 0 Å². The number of amides is 1. The predicted molar refractivity (Wildman–Crippen MR) is 146 cm³/mol. The number of likely N-dealkylation sites (tertiary alicyclic amines) is 1. The molecular weight excluding hydrogens is 515 g/mol. The van der Waals surface area contributed by atoms with E-state index in [9.17, 15) is 18.8 Å². The first kappa shape index (κ1) is 27.8. The van der Waals surface area contributed by atoms with E-state index in [1.54, 1.807) is 17.9 Å². The van der Waals surface area contributed by atoms with Gasteiger partial charge in [0.25, 0.3) is 0 Å². The molecule has 40 heavy (non-hydrogen) atoms. The van der Waals surface area contributed by atoms with E-state index in [4.69, 9.17) is 9.47 Å². The molecular formula is C30H36FN4O5+. The molecule has 212 valence electrons. The van der Waals surface area contributed by atoms with E-state index in [0.29, 0.717) is 41.0 Å². The summed E-state index contributed by atoms with van der Waals surface area (Å²) in [5, 5.41) is 3.13. The Morgan fingerprint density at radius 1 is 1.12 bits per heavy atom. The molecule has 0 saturated carbocycles. The number of rotatable bonds is 5. The molecule has 0 radical (unpaired) electrons. The van der Waals surface area contributed by atoms with Crippen molar-refractivity contribution in [1.82, 2.24) is 15.1 Å². The van der Waals surface area contributed by atoms with E-state index in [1.807, 2.05) is 39.4 Å². The van der Waals surface area contributed by atoms with Crippen LogP contribution >= 0.6 is 0 Å². The lowest BCUT2D eigenvalue weighted by molar-refractivity contribution is -0.845. The number of nitrogens with one attached hydrogen (secondary N) is 1. The quantitative estimate of drug-likeness (QED) is 0.342. The van der Waals surface area contributed by atoms with Gasteiger partial charge in [0.2, 0.25) is 0 Å². The third kappa shape index (κ3) is 4.86. The van der Waals surface area contributed by atoms with Crippen molar-refractivity contribution in [3.05, 3.63) is 82.7 Å². The van der Waals surface area contributed by atoms with Crippen molar-refractivity contribution in [2.24, 2.45) is 11.3 Å². The summed E-state index contributed by atoms with van der Waals surface area (Å²) in [7, 11) is 6.02. The normalized spacial score (nSPS) is 25.6. The number of hydrogen-bond acceptors (Lipinski definition) is 7. The van der Waals surface area contributed by atoms with E-state index < -0.39 is 29.2 Å². The summed E-state index contributed by atoms with van der Waals surface area (Å²) >= 11 is 0. The van der Waals surface area contributed by atoms with Gasteiger partial charge in [0.1, 0.15) is 28.4 Å². The van der Waals surface area contributed by atoms with Crippen LogP contribution in [0.4, 0.5) is 9.18 Å². The Morgan fingerprint density at radius 2 is 1.82 bits per heavy atom. The highest BCUT2D eigenvalue weighted by Gasteiger charge is 2.63. The summed E-state index contributed by atoms with van der Waals surface area (Å²) in [5.41, 5.74) is 0.986. The second kappa shape index (κ2) is 10.7. The first-order valence-corrected chi connectivity index (χ1v) is 13.6. The molecule has 1 aromatic rings. The van der Waals surface area contributed by atoms with E-state index >= 15 is 0 Å². The van der Waals surface area contributed by atoms with Crippen molar-refractivity contribution < 1.29 is 32.7 Å². The average molecular weight is 552 g/mol. The number of esters is 1. The summed E-state index contributed by atoms with van der Waals surface area (Å²) < 4.78 is 25.5. The summed E-state index contributed by atoms with van der Waals surface area (Å²) in [5.74, 6) is -1.49. The highest BCUT2D eigenvalue weighted by Crippen LogP contribution is 2.58. The molecule has 2 unspecified atom stereocenters. The molecule has 2 saturated heterocycles. The third-order valence-electron chi connectivity index (χ3n) is 8.25. The number of ether oxygens (including phenoxy) is 2. The molecule has 3 aliphatic heterocycles. The summed E-state index contributed by atoms with van der Waals surface area (Å²) in [4.78, 5) is 44.4. The molecule has 2 fully saturated rings. The molecule has 1 N–H and O–H groups in total. The fraction of sp³-hybridized carbons (Fsp3) is 0.433. The first-order valence-electron chi connectivity index (χ1n) is 13.6. The van der Waals surface area contributed by atoms with E-state index in [1.165, 1.54) is 24.3 Å². The molecule has 0 bridgehead atoms. The number of hydrogen-bond donors (Lipinski definition) is 1. The SMILES string of the molecule is CCOC(=O)C1=CC23C(=CC=CC2=C(OC(=O)N2CCN(C)CC2)CN1)[N+](C)(C)CC3C(=O)c1ccc(F)cc1. The summed E-state index contributed by atoms with van der Waals surface area (Å²) in [6, 6.07) is 5.51. The molecule has 2 atom stereocenters. The van der Waals surface area contributed by atoms with Crippen LogP contribution in [-0.2, 0) is 14.3 Å². The zero-order chi connectivity index (χ0) is 28.7. The Labute approximate surface area is 233 Å². The maximum atomic E-state index is 14.2. The van der Waals surface area contributed by atoms with Crippen LogP contribution < -0.4 is 5.32 Å². The van der Waals surface area contributed by atoms with Crippen molar-refractivity contribution in [3.8, 4) is 0 Å². The number of quaternary nitrogens is 1. The minimum atomic E-state index is -1.10. The topological polar surface area (TPSA) is 88.2 Å². The van der Waals surface area contributed by atoms with Gasteiger partial charge in [0, 0.05) is 37.3 Å². The Balaban J connectivity index is 1.64. The number of carbonyl (C=O) groups excluding carboxylic acids is 3. The van der Waals surface area contributed by atoms with Crippen molar-refractivity contribution in [1.29, 1.82) is 0 Å². The molecule has 1 spiro atoms.